The minimum atomic E-state index is -0.922. The number of aliphatic carboxylic acids is 1. The van der Waals surface area contributed by atoms with Crippen LogP contribution in [-0.2, 0) is 16.1 Å². The Kier molecular flexibility index (Phi) is 5.36. The molecule has 6 heteroatoms. The lowest BCUT2D eigenvalue weighted by Gasteiger charge is -2.55. The van der Waals surface area contributed by atoms with Crippen LogP contribution in [0.15, 0.2) is 24.3 Å². The van der Waals surface area contributed by atoms with E-state index >= 15 is 0 Å². The second-order valence-electron chi connectivity index (χ2n) is 9.45. The molecular weight excluding hydrogens is 368 g/mol. The molecule has 0 aromatic heterocycles. The fraction of sp³-hybridized carbons (Fsp3) is 0.609. The first-order valence-corrected chi connectivity index (χ1v) is 10.7. The monoisotopic (exact) mass is 398 g/mol. The van der Waals surface area contributed by atoms with Crippen molar-refractivity contribution in [3.63, 3.8) is 0 Å². The van der Waals surface area contributed by atoms with Crippen LogP contribution in [0.2, 0.25) is 0 Å². The van der Waals surface area contributed by atoms with Gasteiger partial charge >= 0.3 is 5.97 Å². The maximum atomic E-state index is 13.0. The fourth-order valence-corrected chi connectivity index (χ4v) is 6.11. The molecule has 2 N–H and O–H groups in total. The lowest BCUT2D eigenvalue weighted by atomic mass is 9.49. The standard InChI is InChI=1S/C23H30N2O4/c1-25(7-6-20(26)27)21(28)19-4-2-15(3-5-19)14-24-22(29)23-11-16-8-17(12-23)10-18(9-16)13-23/h2-5,16-18H,6-14H2,1H3,(H,24,29)(H,26,27). The van der Waals surface area contributed by atoms with Crippen molar-refractivity contribution in [2.24, 2.45) is 23.2 Å². The largest absolute Gasteiger partial charge is 0.481 e. The summed E-state index contributed by atoms with van der Waals surface area (Å²) in [5, 5.41) is 11.9. The van der Waals surface area contributed by atoms with Gasteiger partial charge in [-0.15, -0.1) is 0 Å². The highest BCUT2D eigenvalue weighted by molar-refractivity contribution is 5.94. The van der Waals surface area contributed by atoms with Gasteiger partial charge in [-0.1, -0.05) is 12.1 Å². The second-order valence-corrected chi connectivity index (χ2v) is 9.45. The summed E-state index contributed by atoms with van der Waals surface area (Å²) < 4.78 is 0. The van der Waals surface area contributed by atoms with Crippen LogP contribution in [0.4, 0.5) is 0 Å². The molecule has 0 spiro atoms. The number of hydrogen-bond donors (Lipinski definition) is 2. The highest BCUT2D eigenvalue weighted by atomic mass is 16.4. The SMILES string of the molecule is CN(CCC(=O)O)C(=O)c1ccc(CNC(=O)C23CC4CC(CC(C4)C2)C3)cc1. The normalized spacial score (nSPS) is 29.5. The summed E-state index contributed by atoms with van der Waals surface area (Å²) in [6, 6.07) is 7.20. The van der Waals surface area contributed by atoms with Gasteiger partial charge in [-0.3, -0.25) is 14.4 Å². The Balaban J connectivity index is 1.32. The number of amides is 2. The Morgan fingerprint density at radius 1 is 1.03 bits per heavy atom. The first-order valence-electron chi connectivity index (χ1n) is 10.7. The summed E-state index contributed by atoms with van der Waals surface area (Å²) in [4.78, 5) is 37.5. The average Bonchev–Trinajstić information content (AvgIpc) is 2.69. The Morgan fingerprint density at radius 3 is 2.10 bits per heavy atom. The van der Waals surface area contributed by atoms with E-state index in [1.807, 2.05) is 12.1 Å². The van der Waals surface area contributed by atoms with Crippen molar-refractivity contribution >= 4 is 17.8 Å². The minimum absolute atomic E-state index is 0.0727. The molecule has 0 radical (unpaired) electrons. The van der Waals surface area contributed by atoms with Crippen LogP contribution >= 0.6 is 0 Å². The molecule has 4 fully saturated rings. The Labute approximate surface area is 171 Å². The van der Waals surface area contributed by atoms with Crippen LogP contribution in [0, 0.1) is 23.2 Å². The summed E-state index contributed by atoms with van der Waals surface area (Å²) in [6.07, 6.45) is 7.06. The first kappa shape index (κ1) is 19.9. The van der Waals surface area contributed by atoms with E-state index in [0.29, 0.717) is 12.1 Å². The zero-order chi connectivity index (χ0) is 20.6. The van der Waals surface area contributed by atoms with Crippen molar-refractivity contribution in [3.8, 4) is 0 Å². The third-order valence-electron chi connectivity index (χ3n) is 7.18. The zero-order valence-corrected chi connectivity index (χ0v) is 17.0. The van der Waals surface area contributed by atoms with E-state index in [4.69, 9.17) is 5.11 Å². The summed E-state index contributed by atoms with van der Waals surface area (Å²) in [6.45, 7) is 0.654. The molecule has 29 heavy (non-hydrogen) atoms. The lowest BCUT2D eigenvalue weighted by Crippen LogP contribution is -2.53. The maximum Gasteiger partial charge on any atom is 0.305 e. The number of carbonyl (C=O) groups excluding carboxylic acids is 2. The molecular formula is C23H30N2O4. The van der Waals surface area contributed by atoms with Gasteiger partial charge in [0, 0.05) is 31.1 Å². The lowest BCUT2D eigenvalue weighted by molar-refractivity contribution is -0.146. The summed E-state index contributed by atoms with van der Waals surface area (Å²) in [5.74, 6) is 1.33. The zero-order valence-electron chi connectivity index (χ0n) is 17.0. The molecule has 0 heterocycles. The number of carboxylic acids is 1. The molecule has 2 amide bonds. The predicted molar refractivity (Wildman–Crippen MR) is 108 cm³/mol. The van der Waals surface area contributed by atoms with Crippen molar-refractivity contribution < 1.29 is 19.5 Å². The van der Waals surface area contributed by atoms with Crippen molar-refractivity contribution in [1.82, 2.24) is 10.2 Å². The molecule has 5 rings (SSSR count). The van der Waals surface area contributed by atoms with Crippen LogP contribution in [0.25, 0.3) is 0 Å². The van der Waals surface area contributed by atoms with Gasteiger partial charge in [0.15, 0.2) is 0 Å². The average molecular weight is 399 g/mol. The molecule has 6 nitrogen and oxygen atoms in total. The molecule has 156 valence electrons. The highest BCUT2D eigenvalue weighted by Gasteiger charge is 2.54. The highest BCUT2D eigenvalue weighted by Crippen LogP contribution is 2.60. The molecule has 1 aromatic carbocycles. The molecule has 4 saturated carbocycles. The van der Waals surface area contributed by atoms with Gasteiger partial charge in [-0.05, 0) is 74.0 Å². The van der Waals surface area contributed by atoms with Crippen molar-refractivity contribution in [2.45, 2.75) is 51.5 Å². The van der Waals surface area contributed by atoms with Crippen molar-refractivity contribution in [3.05, 3.63) is 35.4 Å². The Hall–Kier alpha value is -2.37. The summed E-state index contributed by atoms with van der Waals surface area (Å²) in [7, 11) is 1.60. The molecule has 4 bridgehead atoms. The van der Waals surface area contributed by atoms with Gasteiger partial charge in [0.25, 0.3) is 5.91 Å². The number of nitrogens with zero attached hydrogens (tertiary/aromatic N) is 1. The van der Waals surface area contributed by atoms with E-state index in [2.05, 4.69) is 5.32 Å². The number of rotatable bonds is 7. The molecule has 0 saturated heterocycles. The number of hydrogen-bond acceptors (Lipinski definition) is 3. The van der Waals surface area contributed by atoms with Gasteiger partial charge in [-0.2, -0.15) is 0 Å². The van der Waals surface area contributed by atoms with Crippen LogP contribution < -0.4 is 5.32 Å². The van der Waals surface area contributed by atoms with E-state index in [1.54, 1.807) is 19.2 Å². The molecule has 4 aliphatic rings. The topological polar surface area (TPSA) is 86.7 Å². The second kappa shape index (κ2) is 7.81. The molecule has 4 aliphatic carbocycles. The van der Waals surface area contributed by atoms with Crippen LogP contribution in [-0.4, -0.2) is 41.4 Å². The predicted octanol–water partition coefficient (Wildman–Crippen LogP) is 3.07. The number of carbonyl (C=O) groups is 3. The molecule has 0 aliphatic heterocycles. The van der Waals surface area contributed by atoms with Gasteiger partial charge in [-0.25, -0.2) is 0 Å². The van der Waals surface area contributed by atoms with Gasteiger partial charge in [0.1, 0.15) is 0 Å². The number of benzene rings is 1. The molecule has 0 atom stereocenters. The third kappa shape index (κ3) is 4.16. The van der Waals surface area contributed by atoms with Crippen LogP contribution in [0.5, 0.6) is 0 Å². The van der Waals surface area contributed by atoms with E-state index in [1.165, 1.54) is 24.2 Å². The summed E-state index contributed by atoms with van der Waals surface area (Å²) in [5.41, 5.74) is 1.35. The van der Waals surface area contributed by atoms with E-state index in [0.717, 1.165) is 42.6 Å². The quantitative estimate of drug-likeness (QED) is 0.739. The maximum absolute atomic E-state index is 13.0. The Bertz CT molecular complexity index is 766. The van der Waals surface area contributed by atoms with Crippen LogP contribution in [0.3, 0.4) is 0 Å². The summed E-state index contributed by atoms with van der Waals surface area (Å²) >= 11 is 0. The Morgan fingerprint density at radius 2 is 1.59 bits per heavy atom. The molecule has 0 unspecified atom stereocenters. The smallest absolute Gasteiger partial charge is 0.305 e. The van der Waals surface area contributed by atoms with Crippen molar-refractivity contribution in [2.75, 3.05) is 13.6 Å². The van der Waals surface area contributed by atoms with Gasteiger partial charge in [0.2, 0.25) is 5.91 Å². The van der Waals surface area contributed by atoms with E-state index < -0.39 is 5.97 Å². The van der Waals surface area contributed by atoms with Gasteiger partial charge < -0.3 is 15.3 Å². The minimum Gasteiger partial charge on any atom is -0.481 e. The third-order valence-corrected chi connectivity index (χ3v) is 7.18. The fourth-order valence-electron chi connectivity index (χ4n) is 6.11. The number of nitrogens with one attached hydrogen (secondary N) is 1. The van der Waals surface area contributed by atoms with E-state index in [-0.39, 0.29) is 30.2 Å². The van der Waals surface area contributed by atoms with E-state index in [9.17, 15) is 14.4 Å². The van der Waals surface area contributed by atoms with Gasteiger partial charge in [0.05, 0.1) is 6.42 Å². The van der Waals surface area contributed by atoms with Crippen molar-refractivity contribution in [1.29, 1.82) is 0 Å². The van der Waals surface area contributed by atoms with Crippen LogP contribution in [0.1, 0.15) is 60.9 Å². The number of carboxylic acid groups (broad SMARTS) is 1. The molecule has 1 aromatic rings. The first-order chi connectivity index (χ1) is 13.8.